The van der Waals surface area contributed by atoms with E-state index in [4.69, 9.17) is 37.0 Å². The number of phosphoric ester groups is 2. The molecule has 0 rings (SSSR count). The van der Waals surface area contributed by atoms with Crippen molar-refractivity contribution in [3.8, 4) is 0 Å². The number of rotatable bonds is 73. The first-order chi connectivity index (χ1) is 45.2. The molecular formula is C75H146O17P2. The molecule has 0 aliphatic rings. The Morgan fingerprint density at radius 2 is 0.489 bits per heavy atom. The highest BCUT2D eigenvalue weighted by molar-refractivity contribution is 7.47. The lowest BCUT2D eigenvalue weighted by atomic mass is 10.0. The third-order valence-electron chi connectivity index (χ3n) is 17.4. The number of ether oxygens (including phenoxy) is 4. The summed E-state index contributed by atoms with van der Waals surface area (Å²) in [5.74, 6) is 0.0835. The van der Waals surface area contributed by atoms with Gasteiger partial charge in [-0.3, -0.25) is 37.3 Å². The zero-order valence-corrected chi connectivity index (χ0v) is 63.2. The molecule has 0 aliphatic heterocycles. The van der Waals surface area contributed by atoms with Crippen LogP contribution in [-0.2, 0) is 65.4 Å². The van der Waals surface area contributed by atoms with E-state index in [0.717, 1.165) is 108 Å². The Morgan fingerprint density at radius 1 is 0.287 bits per heavy atom. The van der Waals surface area contributed by atoms with Crippen molar-refractivity contribution in [2.45, 2.75) is 401 Å². The van der Waals surface area contributed by atoms with Gasteiger partial charge in [-0.2, -0.15) is 0 Å². The van der Waals surface area contributed by atoms with E-state index in [1.807, 2.05) is 0 Å². The Bertz CT molecular complexity index is 1840. The number of aliphatic hydroxyl groups excluding tert-OH is 1. The van der Waals surface area contributed by atoms with Gasteiger partial charge in [-0.15, -0.1) is 0 Å². The highest BCUT2D eigenvalue weighted by Crippen LogP contribution is 2.45. The summed E-state index contributed by atoms with van der Waals surface area (Å²) in [4.78, 5) is 72.7. The number of hydrogen-bond acceptors (Lipinski definition) is 15. The average molecular weight is 1380 g/mol. The van der Waals surface area contributed by atoms with Crippen LogP contribution in [0.5, 0.6) is 0 Å². The molecule has 0 saturated heterocycles. The highest BCUT2D eigenvalue weighted by Gasteiger charge is 2.30. The molecule has 0 bridgehead atoms. The molecule has 558 valence electrons. The predicted molar refractivity (Wildman–Crippen MR) is 381 cm³/mol. The molecule has 0 radical (unpaired) electrons. The van der Waals surface area contributed by atoms with Crippen molar-refractivity contribution in [1.29, 1.82) is 0 Å². The van der Waals surface area contributed by atoms with Crippen LogP contribution >= 0.6 is 15.6 Å². The van der Waals surface area contributed by atoms with Crippen LogP contribution in [0.25, 0.3) is 0 Å². The molecule has 0 aliphatic carbocycles. The van der Waals surface area contributed by atoms with Gasteiger partial charge in [0, 0.05) is 25.7 Å². The van der Waals surface area contributed by atoms with E-state index in [1.165, 1.54) is 186 Å². The third-order valence-corrected chi connectivity index (χ3v) is 19.3. The first-order valence-corrected chi connectivity index (χ1v) is 41.8. The molecule has 0 spiro atoms. The Kier molecular flexibility index (Phi) is 64.3. The molecule has 0 aromatic rings. The zero-order chi connectivity index (χ0) is 69.4. The number of phosphoric acid groups is 2. The summed E-state index contributed by atoms with van der Waals surface area (Å²) < 4.78 is 68.5. The van der Waals surface area contributed by atoms with Crippen LogP contribution in [0.4, 0.5) is 0 Å². The molecule has 5 atom stereocenters. The average Bonchev–Trinajstić information content (AvgIpc) is 1.25. The molecule has 94 heavy (non-hydrogen) atoms. The highest BCUT2D eigenvalue weighted by atomic mass is 31.2. The van der Waals surface area contributed by atoms with Crippen molar-refractivity contribution in [2.24, 2.45) is 17.8 Å². The third kappa shape index (κ3) is 68.6. The minimum atomic E-state index is -4.96. The predicted octanol–water partition coefficient (Wildman–Crippen LogP) is 21.8. The summed E-state index contributed by atoms with van der Waals surface area (Å²) in [6.45, 7) is 11.8. The van der Waals surface area contributed by atoms with Crippen LogP contribution in [0.2, 0.25) is 0 Å². The summed E-state index contributed by atoms with van der Waals surface area (Å²) in [5, 5.41) is 10.6. The van der Waals surface area contributed by atoms with Gasteiger partial charge in [0.15, 0.2) is 12.2 Å². The maximum atomic E-state index is 13.1. The summed E-state index contributed by atoms with van der Waals surface area (Å²) in [6.07, 6.45) is 51.5. The van der Waals surface area contributed by atoms with E-state index < -0.39 is 97.5 Å². The summed E-state index contributed by atoms with van der Waals surface area (Å²) in [6, 6.07) is 0. The van der Waals surface area contributed by atoms with Crippen molar-refractivity contribution < 1.29 is 80.2 Å². The SMILES string of the molecule is CCCCCCCCCCCCCCCCCCCCC(=O)O[C@H](COC(=O)CCCCCCCCCCCCCCC(C)C)COP(=O)(O)OC[C@@H](O)COP(=O)(O)OC[C@@H](COC(=O)CCCCCCCCCC(C)C)OC(=O)CCCCCCCCCCC(C)C. The Balaban J connectivity index is 5.24. The molecule has 17 nitrogen and oxygen atoms in total. The Hall–Kier alpha value is -1.94. The second-order valence-corrected chi connectivity index (χ2v) is 31.4. The van der Waals surface area contributed by atoms with Gasteiger partial charge in [-0.1, -0.05) is 331 Å². The molecule has 19 heteroatoms. The molecule has 0 fully saturated rings. The van der Waals surface area contributed by atoms with Crippen LogP contribution in [0.3, 0.4) is 0 Å². The largest absolute Gasteiger partial charge is 0.472 e. The van der Waals surface area contributed by atoms with Gasteiger partial charge in [0.05, 0.1) is 26.4 Å². The van der Waals surface area contributed by atoms with E-state index in [1.54, 1.807) is 0 Å². The van der Waals surface area contributed by atoms with Gasteiger partial charge in [0.25, 0.3) is 0 Å². The van der Waals surface area contributed by atoms with E-state index in [9.17, 15) is 43.2 Å². The smallest absolute Gasteiger partial charge is 0.462 e. The minimum Gasteiger partial charge on any atom is -0.462 e. The van der Waals surface area contributed by atoms with Crippen molar-refractivity contribution in [1.82, 2.24) is 0 Å². The van der Waals surface area contributed by atoms with E-state index >= 15 is 0 Å². The monoisotopic (exact) mass is 1380 g/mol. The molecule has 2 unspecified atom stereocenters. The molecule has 0 amide bonds. The normalized spacial score (nSPS) is 14.1. The lowest BCUT2D eigenvalue weighted by molar-refractivity contribution is -0.161. The van der Waals surface area contributed by atoms with Crippen molar-refractivity contribution in [3.05, 3.63) is 0 Å². The van der Waals surface area contributed by atoms with Crippen LogP contribution in [-0.4, -0.2) is 96.7 Å². The summed E-state index contributed by atoms with van der Waals surface area (Å²) in [5.41, 5.74) is 0. The van der Waals surface area contributed by atoms with Crippen molar-refractivity contribution in [2.75, 3.05) is 39.6 Å². The van der Waals surface area contributed by atoms with E-state index in [2.05, 4.69) is 48.5 Å². The fourth-order valence-electron chi connectivity index (χ4n) is 11.4. The maximum Gasteiger partial charge on any atom is 0.472 e. The van der Waals surface area contributed by atoms with Crippen LogP contribution in [0.15, 0.2) is 0 Å². The van der Waals surface area contributed by atoms with Gasteiger partial charge in [-0.05, 0) is 43.4 Å². The van der Waals surface area contributed by atoms with E-state index in [0.29, 0.717) is 31.6 Å². The summed E-state index contributed by atoms with van der Waals surface area (Å²) in [7, 11) is -9.91. The van der Waals surface area contributed by atoms with Crippen molar-refractivity contribution >= 4 is 39.5 Å². The van der Waals surface area contributed by atoms with Gasteiger partial charge >= 0.3 is 39.5 Å². The number of esters is 4. The topological polar surface area (TPSA) is 237 Å². The first-order valence-electron chi connectivity index (χ1n) is 38.8. The summed E-state index contributed by atoms with van der Waals surface area (Å²) >= 11 is 0. The Labute approximate surface area is 575 Å². The lowest BCUT2D eigenvalue weighted by Crippen LogP contribution is -2.30. The van der Waals surface area contributed by atoms with Gasteiger partial charge in [0.1, 0.15) is 19.3 Å². The van der Waals surface area contributed by atoms with Crippen LogP contribution in [0.1, 0.15) is 382 Å². The quantitative estimate of drug-likeness (QED) is 0.0222. The van der Waals surface area contributed by atoms with Gasteiger partial charge < -0.3 is 33.8 Å². The molecule has 3 N–H and O–H groups in total. The van der Waals surface area contributed by atoms with Crippen LogP contribution < -0.4 is 0 Å². The molecule has 0 saturated carbocycles. The maximum absolute atomic E-state index is 13.1. The van der Waals surface area contributed by atoms with Crippen LogP contribution in [0, 0.1) is 17.8 Å². The van der Waals surface area contributed by atoms with Gasteiger partial charge in [-0.25, -0.2) is 9.13 Å². The molecular weight excluding hydrogens is 1230 g/mol. The number of carbonyl (C=O) groups is 4. The first kappa shape index (κ1) is 92.1. The number of carbonyl (C=O) groups excluding carboxylic acids is 4. The fourth-order valence-corrected chi connectivity index (χ4v) is 13.0. The Morgan fingerprint density at radius 3 is 0.723 bits per heavy atom. The standard InChI is InChI=1S/C75H146O17P2/c1-8-9-10-11-12-13-14-15-16-17-18-19-20-25-28-36-44-51-58-74(79)91-70(62-85-72(77)56-49-42-35-27-24-22-21-23-26-32-39-46-53-66(2)3)64-89-93(81,82)87-60-69(76)61-88-94(83,84)90-65-71(63-86-73(78)57-50-43-38-31-34-41-48-55-68(6)7)92-75(80)59-52-45-37-30-29-33-40-47-54-67(4)5/h66-71,76H,8-65H2,1-7H3,(H,81,82)(H,83,84)/t69-,70-,71-/m1/s1. The minimum absolute atomic E-state index is 0.104. The van der Waals surface area contributed by atoms with E-state index in [-0.39, 0.29) is 25.7 Å². The second kappa shape index (κ2) is 65.7. The van der Waals surface area contributed by atoms with Crippen molar-refractivity contribution in [3.63, 3.8) is 0 Å². The molecule has 0 aromatic carbocycles. The number of hydrogen-bond donors (Lipinski definition) is 3. The number of aliphatic hydroxyl groups is 1. The fraction of sp³-hybridized carbons (Fsp3) is 0.947. The molecule has 0 heterocycles. The molecule has 0 aromatic heterocycles. The second-order valence-electron chi connectivity index (χ2n) is 28.5. The number of unbranched alkanes of at least 4 members (excludes halogenated alkanes) is 41. The lowest BCUT2D eigenvalue weighted by Gasteiger charge is -2.21. The van der Waals surface area contributed by atoms with Gasteiger partial charge in [0.2, 0.25) is 0 Å². The zero-order valence-electron chi connectivity index (χ0n) is 61.4.